The van der Waals surface area contributed by atoms with Crippen LogP contribution >= 0.6 is 0 Å². The van der Waals surface area contributed by atoms with Crippen molar-refractivity contribution >= 4 is 47.3 Å². The third kappa shape index (κ3) is 18.3. The Morgan fingerprint density at radius 1 is 0.587 bits per heavy atom. The van der Waals surface area contributed by atoms with E-state index in [4.69, 9.17) is 11.5 Å². The van der Waals surface area contributed by atoms with Crippen molar-refractivity contribution in [2.45, 2.75) is 68.7 Å². The molecule has 0 radical (unpaired) electrons. The van der Waals surface area contributed by atoms with E-state index in [1.54, 1.807) is 92.0 Å². The Bertz CT molecular complexity index is 1970. The summed E-state index contributed by atoms with van der Waals surface area (Å²) in [6.45, 7) is -1.19. The minimum absolute atomic E-state index is 0.00740. The monoisotopic (exact) mass is 871 g/mol. The molecule has 0 aliphatic heterocycles. The molecule has 3 rings (SSSR count). The molecule has 0 aliphatic rings. The van der Waals surface area contributed by atoms with Crippen molar-refractivity contribution < 1.29 is 38.7 Å². The van der Waals surface area contributed by atoms with Crippen molar-refractivity contribution in [3.63, 3.8) is 0 Å². The minimum Gasteiger partial charge on any atom is -0.394 e. The number of carbonyl (C=O) groups excluding carboxylic acids is 7. The number of rotatable bonds is 25. The predicted octanol–water partition coefficient (Wildman–Crippen LogP) is -2.00. The Hall–Kier alpha value is -6.86. The van der Waals surface area contributed by atoms with Crippen molar-refractivity contribution in [3.05, 3.63) is 108 Å². The number of hydrogen-bond donors (Lipinski definition) is 10. The maximum atomic E-state index is 14.2. The predicted molar refractivity (Wildman–Crippen MR) is 237 cm³/mol. The van der Waals surface area contributed by atoms with E-state index < -0.39 is 84.7 Å². The van der Waals surface area contributed by atoms with Gasteiger partial charge >= 0.3 is 0 Å². The Morgan fingerprint density at radius 2 is 1.02 bits per heavy atom. The van der Waals surface area contributed by atoms with E-state index >= 15 is 0 Å². The Morgan fingerprint density at radius 3 is 1.48 bits per heavy atom. The van der Waals surface area contributed by atoms with Crippen molar-refractivity contribution in [2.24, 2.45) is 16.5 Å². The number of amides is 7. The van der Waals surface area contributed by atoms with E-state index in [0.717, 1.165) is 5.56 Å². The number of aliphatic hydroxyl groups excluding tert-OH is 1. The third-order valence-electron chi connectivity index (χ3n) is 9.71. The van der Waals surface area contributed by atoms with Crippen molar-refractivity contribution in [2.75, 3.05) is 47.4 Å². The molecule has 0 heterocycles. The van der Waals surface area contributed by atoms with Gasteiger partial charge in [0.25, 0.3) is 0 Å². The van der Waals surface area contributed by atoms with Crippen LogP contribution in [-0.2, 0) is 52.8 Å². The van der Waals surface area contributed by atoms with Crippen molar-refractivity contribution in [1.29, 1.82) is 0 Å². The molecule has 0 fully saturated rings. The van der Waals surface area contributed by atoms with Gasteiger partial charge in [-0.15, -0.1) is 0 Å². The first-order valence-corrected chi connectivity index (χ1v) is 20.6. The number of nitrogens with zero attached hydrogens (tertiary/aromatic N) is 2. The standard InChI is InChI=1S/C44H61N11O8/c1-47-44(55(2)3)48-22-14-13-21-32(40(60)52-33(39(46)59)23-29-15-7-4-8-16-29)51-42(62)35(25-31-19-11-6-12-20-31)53-43(63)36(28-56)54-41(61)34(24-30-17-9-5-10-18-30)50-38(58)27-49-37(57)26-45/h4-12,15-20,32-36,56H,13-14,21-28,45H2,1-3H3,(H2,46,59)(H,47,48)(H,49,57)(H,50,58)(H,51,62)(H,52,60)(H,53,63)(H,54,61)/t32-,33-,34-,35-,36-/m0/s1. The quantitative estimate of drug-likeness (QED) is 0.0252. The molecule has 340 valence electrons. The first-order valence-electron chi connectivity index (χ1n) is 20.6. The lowest BCUT2D eigenvalue weighted by Crippen LogP contribution is -2.60. The maximum Gasteiger partial charge on any atom is 0.245 e. The maximum absolute atomic E-state index is 14.2. The zero-order valence-corrected chi connectivity index (χ0v) is 36.0. The highest BCUT2D eigenvalue weighted by atomic mass is 16.3. The molecule has 0 spiro atoms. The third-order valence-corrected chi connectivity index (χ3v) is 9.71. The number of primary amides is 1. The van der Waals surface area contributed by atoms with Crippen LogP contribution in [0.1, 0.15) is 36.0 Å². The molecule has 0 aliphatic carbocycles. The van der Waals surface area contributed by atoms with Crippen LogP contribution in [-0.4, -0.2) is 135 Å². The second-order valence-corrected chi connectivity index (χ2v) is 14.9. The van der Waals surface area contributed by atoms with Gasteiger partial charge in [-0.05, 0) is 36.0 Å². The fourth-order valence-corrected chi connectivity index (χ4v) is 6.35. The Kier molecular flexibility index (Phi) is 21.8. The number of nitrogens with two attached hydrogens (primary N) is 2. The van der Waals surface area contributed by atoms with Crippen LogP contribution in [0.5, 0.6) is 0 Å². The van der Waals surface area contributed by atoms with Crippen LogP contribution < -0.4 is 48.7 Å². The molecule has 0 aromatic heterocycles. The van der Waals surface area contributed by atoms with Crippen LogP contribution in [0.4, 0.5) is 0 Å². The summed E-state index contributed by atoms with van der Waals surface area (Å²) >= 11 is 0. The number of nitrogens with one attached hydrogen (secondary N) is 7. The lowest BCUT2D eigenvalue weighted by molar-refractivity contribution is -0.135. The van der Waals surface area contributed by atoms with Crippen LogP contribution in [0.25, 0.3) is 0 Å². The summed E-state index contributed by atoms with van der Waals surface area (Å²) < 4.78 is 0. The summed E-state index contributed by atoms with van der Waals surface area (Å²) in [5, 5.41) is 29.0. The molecule has 0 saturated carbocycles. The first kappa shape index (κ1) is 50.5. The van der Waals surface area contributed by atoms with Crippen LogP contribution in [0, 0.1) is 0 Å². The number of aliphatic hydroxyl groups is 1. The highest BCUT2D eigenvalue weighted by molar-refractivity contribution is 5.97. The van der Waals surface area contributed by atoms with Gasteiger partial charge in [-0.2, -0.15) is 0 Å². The summed E-state index contributed by atoms with van der Waals surface area (Å²) in [6, 6.07) is 20.0. The number of carbonyl (C=O) groups is 7. The molecular formula is C44H61N11O8. The second-order valence-electron chi connectivity index (χ2n) is 14.9. The normalized spacial score (nSPS) is 13.4. The summed E-state index contributed by atoms with van der Waals surface area (Å²) in [5.41, 5.74) is 13.1. The van der Waals surface area contributed by atoms with E-state index in [1.165, 1.54) is 0 Å². The fraction of sp³-hybridized carbons (Fsp3) is 0.409. The highest BCUT2D eigenvalue weighted by Gasteiger charge is 2.32. The van der Waals surface area contributed by atoms with Gasteiger partial charge in [0.1, 0.15) is 30.2 Å². The van der Waals surface area contributed by atoms with Gasteiger partial charge < -0.3 is 58.7 Å². The number of guanidine groups is 1. The smallest absolute Gasteiger partial charge is 0.245 e. The molecule has 0 bridgehead atoms. The molecular weight excluding hydrogens is 811 g/mol. The lowest BCUT2D eigenvalue weighted by atomic mass is 10.0. The van der Waals surface area contributed by atoms with Gasteiger partial charge in [-0.1, -0.05) is 91.0 Å². The van der Waals surface area contributed by atoms with Crippen LogP contribution in [0.15, 0.2) is 96.0 Å². The Labute approximate surface area is 367 Å². The lowest BCUT2D eigenvalue weighted by Gasteiger charge is -2.27. The molecule has 0 unspecified atom stereocenters. The van der Waals surface area contributed by atoms with Gasteiger partial charge in [0.15, 0.2) is 5.96 Å². The van der Waals surface area contributed by atoms with E-state index in [2.05, 4.69) is 42.2 Å². The molecule has 19 heteroatoms. The van der Waals surface area contributed by atoms with Crippen LogP contribution in [0.2, 0.25) is 0 Å². The van der Waals surface area contributed by atoms with Gasteiger partial charge in [0.2, 0.25) is 41.4 Å². The van der Waals surface area contributed by atoms with E-state index in [9.17, 15) is 38.7 Å². The topological polar surface area (TPSA) is 292 Å². The van der Waals surface area contributed by atoms with Crippen molar-refractivity contribution in [1.82, 2.24) is 42.1 Å². The molecule has 5 atom stereocenters. The highest BCUT2D eigenvalue weighted by Crippen LogP contribution is 2.10. The van der Waals surface area contributed by atoms with Gasteiger partial charge in [-0.25, -0.2) is 0 Å². The zero-order valence-electron chi connectivity index (χ0n) is 36.0. The largest absolute Gasteiger partial charge is 0.394 e. The van der Waals surface area contributed by atoms with E-state index in [1.807, 2.05) is 25.1 Å². The molecule has 3 aromatic carbocycles. The number of benzene rings is 3. The van der Waals surface area contributed by atoms with Gasteiger partial charge in [0, 0.05) is 47.0 Å². The molecule has 12 N–H and O–H groups in total. The molecule has 63 heavy (non-hydrogen) atoms. The van der Waals surface area contributed by atoms with Crippen LogP contribution in [0.3, 0.4) is 0 Å². The minimum atomic E-state index is -1.59. The first-order chi connectivity index (χ1) is 30.2. The zero-order chi connectivity index (χ0) is 46.1. The van der Waals surface area contributed by atoms with Crippen molar-refractivity contribution in [3.8, 4) is 0 Å². The fourth-order valence-electron chi connectivity index (χ4n) is 6.35. The summed E-state index contributed by atoms with van der Waals surface area (Å²) in [7, 11) is 5.34. The molecule has 19 nitrogen and oxygen atoms in total. The Balaban J connectivity index is 1.84. The summed E-state index contributed by atoms with van der Waals surface area (Å²) in [6.07, 6.45) is 1.22. The van der Waals surface area contributed by atoms with Gasteiger partial charge in [-0.3, -0.25) is 38.6 Å². The number of hydrogen-bond acceptors (Lipinski definition) is 10. The van der Waals surface area contributed by atoms with E-state index in [0.29, 0.717) is 36.5 Å². The molecule has 3 aromatic rings. The SMILES string of the molecule is CN=C(NCCCC[C@H](NC(=O)[C@H](Cc1ccccc1)NC(=O)[C@H](CO)NC(=O)[C@H](Cc1ccccc1)NC(=O)CNC(=O)CN)C(=O)N[C@@H](Cc1ccccc1)C(N)=O)N(C)C. The average Bonchev–Trinajstić information content (AvgIpc) is 3.28. The average molecular weight is 872 g/mol. The van der Waals surface area contributed by atoms with Gasteiger partial charge in [0.05, 0.1) is 19.7 Å². The summed E-state index contributed by atoms with van der Waals surface area (Å²) in [4.78, 5) is 98.6. The molecule has 7 amide bonds. The summed E-state index contributed by atoms with van der Waals surface area (Å²) in [5.74, 6) is -4.59. The number of aliphatic imine (C=N–C) groups is 1. The molecule has 0 saturated heterocycles. The van der Waals surface area contributed by atoms with E-state index in [-0.39, 0.29) is 32.2 Å². The second kappa shape index (κ2) is 27.2. The number of unbranched alkanes of at least 4 members (excludes halogenated alkanes) is 1.